The van der Waals surface area contributed by atoms with Crippen LogP contribution in [-0.4, -0.2) is 39.7 Å². The number of primary sulfonamides is 1. The Balaban J connectivity index is 2.20. The van der Waals surface area contributed by atoms with Gasteiger partial charge in [0.2, 0.25) is 15.9 Å². The van der Waals surface area contributed by atoms with Gasteiger partial charge in [-0.15, -0.1) is 11.3 Å². The molecule has 20 heavy (non-hydrogen) atoms. The summed E-state index contributed by atoms with van der Waals surface area (Å²) in [6.07, 6.45) is 0.104. The van der Waals surface area contributed by atoms with Crippen LogP contribution in [0.3, 0.4) is 0 Å². The molecule has 1 aliphatic heterocycles. The third kappa shape index (κ3) is 3.17. The lowest BCUT2D eigenvalue weighted by Crippen LogP contribution is -2.28. The summed E-state index contributed by atoms with van der Waals surface area (Å²) in [4.78, 5) is 25.3. The first-order chi connectivity index (χ1) is 9.31. The van der Waals surface area contributed by atoms with Gasteiger partial charge in [0.15, 0.2) is 0 Å². The number of amides is 1. The van der Waals surface area contributed by atoms with Crippen LogP contribution in [-0.2, 0) is 19.6 Å². The van der Waals surface area contributed by atoms with Gasteiger partial charge in [-0.3, -0.25) is 4.79 Å². The van der Waals surface area contributed by atoms with Crippen molar-refractivity contribution in [1.29, 1.82) is 0 Å². The molecule has 110 valence electrons. The normalized spacial score (nSPS) is 19.4. The van der Waals surface area contributed by atoms with Crippen molar-refractivity contribution in [2.45, 2.75) is 6.42 Å². The molecule has 1 unspecified atom stereocenters. The van der Waals surface area contributed by atoms with E-state index in [-0.39, 0.29) is 30.5 Å². The number of carbonyl (C=O) groups excluding carboxylic acids is 2. The maximum Gasteiger partial charge on any atom is 0.350 e. The summed E-state index contributed by atoms with van der Waals surface area (Å²) >= 11 is 1.17. The Labute approximate surface area is 120 Å². The number of esters is 1. The summed E-state index contributed by atoms with van der Waals surface area (Å²) in [5.74, 6) is -1.34. The van der Waals surface area contributed by atoms with Gasteiger partial charge in [-0.05, 0) is 11.4 Å². The van der Waals surface area contributed by atoms with Gasteiger partial charge in [0.05, 0.1) is 18.6 Å². The second kappa shape index (κ2) is 5.51. The van der Waals surface area contributed by atoms with E-state index in [1.807, 2.05) is 0 Å². The van der Waals surface area contributed by atoms with Crippen LogP contribution in [0.5, 0.6) is 0 Å². The van der Waals surface area contributed by atoms with Crippen molar-refractivity contribution in [3.8, 4) is 0 Å². The van der Waals surface area contributed by atoms with Crippen molar-refractivity contribution >= 4 is 38.9 Å². The van der Waals surface area contributed by atoms with Crippen molar-refractivity contribution in [3.05, 3.63) is 16.3 Å². The van der Waals surface area contributed by atoms with Gasteiger partial charge in [0.1, 0.15) is 4.88 Å². The quantitative estimate of drug-likeness (QED) is 0.797. The molecular formula is C11H14N2O5S2. The number of sulfonamides is 1. The molecule has 0 saturated carbocycles. The molecule has 2 heterocycles. The highest BCUT2D eigenvalue weighted by molar-refractivity contribution is 7.89. The SMILES string of the molecule is COC(=O)c1sccc1N1CC(CS(N)(=O)=O)CC1=O. The highest BCUT2D eigenvalue weighted by Gasteiger charge is 2.35. The standard InChI is InChI=1S/C11H14N2O5S2/c1-18-11(15)10-8(2-3-19-10)13-5-7(4-9(13)14)6-20(12,16)17/h2-3,7H,4-6H2,1H3,(H2,12,16,17). The number of carbonyl (C=O) groups is 2. The molecule has 0 bridgehead atoms. The second-order valence-electron chi connectivity index (χ2n) is 4.53. The third-order valence-electron chi connectivity index (χ3n) is 2.98. The highest BCUT2D eigenvalue weighted by Crippen LogP contribution is 2.32. The number of rotatable bonds is 4. The summed E-state index contributed by atoms with van der Waals surface area (Å²) in [7, 11) is -2.36. The second-order valence-corrected chi connectivity index (χ2v) is 7.11. The molecule has 1 aromatic rings. The van der Waals surface area contributed by atoms with E-state index in [0.717, 1.165) is 0 Å². The molecular weight excluding hydrogens is 304 g/mol. The molecule has 0 radical (unpaired) electrons. The van der Waals surface area contributed by atoms with E-state index in [0.29, 0.717) is 10.6 Å². The van der Waals surface area contributed by atoms with E-state index in [9.17, 15) is 18.0 Å². The van der Waals surface area contributed by atoms with Crippen LogP contribution >= 0.6 is 11.3 Å². The molecule has 0 spiro atoms. The molecule has 9 heteroatoms. The van der Waals surface area contributed by atoms with Crippen LogP contribution in [0.4, 0.5) is 5.69 Å². The minimum atomic E-state index is -3.62. The van der Waals surface area contributed by atoms with Gasteiger partial charge in [-0.2, -0.15) is 0 Å². The van der Waals surface area contributed by atoms with Gasteiger partial charge in [-0.25, -0.2) is 18.4 Å². The maximum atomic E-state index is 12.0. The number of nitrogens with two attached hydrogens (primary N) is 1. The van der Waals surface area contributed by atoms with E-state index in [1.165, 1.54) is 23.3 Å². The zero-order chi connectivity index (χ0) is 14.9. The first-order valence-electron chi connectivity index (χ1n) is 5.78. The van der Waals surface area contributed by atoms with Gasteiger partial charge in [0.25, 0.3) is 0 Å². The summed E-state index contributed by atoms with van der Waals surface area (Å²) in [6, 6.07) is 1.65. The zero-order valence-electron chi connectivity index (χ0n) is 10.7. The predicted molar refractivity (Wildman–Crippen MR) is 74.1 cm³/mol. The van der Waals surface area contributed by atoms with E-state index in [1.54, 1.807) is 11.4 Å². The smallest absolute Gasteiger partial charge is 0.350 e. The van der Waals surface area contributed by atoms with Crippen molar-refractivity contribution in [3.63, 3.8) is 0 Å². The first kappa shape index (κ1) is 14.9. The van der Waals surface area contributed by atoms with Crippen molar-refractivity contribution in [2.24, 2.45) is 11.1 Å². The van der Waals surface area contributed by atoms with Gasteiger partial charge < -0.3 is 9.64 Å². The third-order valence-corrected chi connectivity index (χ3v) is 4.80. The molecule has 2 rings (SSSR count). The average molecular weight is 318 g/mol. The van der Waals surface area contributed by atoms with Gasteiger partial charge in [0, 0.05) is 18.9 Å². The summed E-state index contributed by atoms with van der Waals surface area (Å²) in [5.41, 5.74) is 0.462. The molecule has 1 aliphatic rings. The predicted octanol–water partition coefficient (Wildman–Crippen LogP) is 0.176. The summed E-state index contributed by atoms with van der Waals surface area (Å²) in [5, 5.41) is 6.68. The van der Waals surface area contributed by atoms with Crippen LogP contribution in [0, 0.1) is 5.92 Å². The van der Waals surface area contributed by atoms with E-state index in [2.05, 4.69) is 4.74 Å². The molecule has 1 aromatic heterocycles. The molecule has 0 aromatic carbocycles. The Morgan fingerprint density at radius 3 is 2.90 bits per heavy atom. The Hall–Kier alpha value is -1.45. The number of nitrogens with zero attached hydrogens (tertiary/aromatic N) is 1. The molecule has 1 fully saturated rings. The number of methoxy groups -OCH3 is 1. The van der Waals surface area contributed by atoms with Crippen LogP contribution in [0.1, 0.15) is 16.1 Å². The van der Waals surface area contributed by atoms with Crippen LogP contribution in [0.2, 0.25) is 0 Å². The lowest BCUT2D eigenvalue weighted by molar-refractivity contribution is -0.117. The van der Waals surface area contributed by atoms with Crippen molar-refractivity contribution in [1.82, 2.24) is 0 Å². The van der Waals surface area contributed by atoms with Gasteiger partial charge in [-0.1, -0.05) is 0 Å². The minimum Gasteiger partial charge on any atom is -0.465 e. The Kier molecular flexibility index (Phi) is 4.11. The minimum absolute atomic E-state index is 0.104. The number of hydrogen-bond donors (Lipinski definition) is 1. The van der Waals surface area contributed by atoms with Crippen LogP contribution in [0.25, 0.3) is 0 Å². The monoisotopic (exact) mass is 318 g/mol. The zero-order valence-corrected chi connectivity index (χ0v) is 12.4. The Morgan fingerprint density at radius 2 is 2.30 bits per heavy atom. The fourth-order valence-electron chi connectivity index (χ4n) is 2.22. The lowest BCUT2D eigenvalue weighted by Gasteiger charge is -2.16. The topological polar surface area (TPSA) is 107 Å². The lowest BCUT2D eigenvalue weighted by atomic mass is 10.1. The summed E-state index contributed by atoms with van der Waals surface area (Å²) in [6.45, 7) is 0.232. The number of ether oxygens (including phenoxy) is 1. The average Bonchev–Trinajstić information content (AvgIpc) is 2.92. The molecule has 1 atom stereocenters. The van der Waals surface area contributed by atoms with Crippen LogP contribution in [0.15, 0.2) is 11.4 Å². The number of anilines is 1. The van der Waals surface area contributed by atoms with E-state index in [4.69, 9.17) is 5.14 Å². The molecule has 1 saturated heterocycles. The maximum absolute atomic E-state index is 12.0. The van der Waals surface area contributed by atoms with Crippen molar-refractivity contribution in [2.75, 3.05) is 24.3 Å². The number of hydrogen-bond acceptors (Lipinski definition) is 6. The molecule has 2 N–H and O–H groups in total. The molecule has 7 nitrogen and oxygen atoms in total. The fraction of sp³-hybridized carbons (Fsp3) is 0.455. The van der Waals surface area contributed by atoms with E-state index >= 15 is 0 Å². The van der Waals surface area contributed by atoms with E-state index < -0.39 is 16.0 Å². The molecule has 1 amide bonds. The largest absolute Gasteiger partial charge is 0.465 e. The Bertz CT molecular complexity index is 637. The Morgan fingerprint density at radius 1 is 1.60 bits per heavy atom. The number of thiophene rings is 1. The van der Waals surface area contributed by atoms with Crippen molar-refractivity contribution < 1.29 is 22.7 Å². The highest BCUT2D eigenvalue weighted by atomic mass is 32.2. The first-order valence-corrected chi connectivity index (χ1v) is 8.38. The summed E-state index contributed by atoms with van der Waals surface area (Å²) < 4.78 is 26.8. The fourth-order valence-corrected chi connectivity index (χ4v) is 3.91. The molecule has 0 aliphatic carbocycles. The van der Waals surface area contributed by atoms with Gasteiger partial charge >= 0.3 is 5.97 Å². The van der Waals surface area contributed by atoms with Crippen LogP contribution < -0.4 is 10.0 Å².